The van der Waals surface area contributed by atoms with E-state index in [4.69, 9.17) is 4.74 Å². The molecule has 0 saturated heterocycles. The first-order valence-electron chi connectivity index (χ1n) is 8.19. The maximum atomic E-state index is 13.3. The van der Waals surface area contributed by atoms with Crippen molar-refractivity contribution in [1.82, 2.24) is 0 Å². The smallest absolute Gasteiger partial charge is 0.193 e. The van der Waals surface area contributed by atoms with E-state index in [0.717, 1.165) is 5.56 Å². The Morgan fingerprint density at radius 1 is 0.640 bits per heavy atom. The van der Waals surface area contributed by atoms with Crippen LogP contribution >= 0.6 is 0 Å². The van der Waals surface area contributed by atoms with Crippen LogP contribution in [0.4, 0.5) is 0 Å². The number of Topliss-reactive ketones (excluding diaryl/α,β-unsaturated/α-hetero) is 2. The number of ketones is 2. The van der Waals surface area contributed by atoms with Gasteiger partial charge in [0, 0.05) is 0 Å². The predicted octanol–water partition coefficient (Wildman–Crippen LogP) is 4.36. The van der Waals surface area contributed by atoms with Gasteiger partial charge in [-0.15, -0.1) is 0 Å². The number of para-hydroxylation sites is 1. The molecule has 0 aliphatic carbocycles. The molecule has 3 heteroatoms. The highest BCUT2D eigenvalue weighted by Crippen LogP contribution is 2.37. The molecule has 2 atom stereocenters. The van der Waals surface area contributed by atoms with Gasteiger partial charge < -0.3 is 4.74 Å². The van der Waals surface area contributed by atoms with Crippen LogP contribution in [0.25, 0.3) is 0 Å². The van der Waals surface area contributed by atoms with E-state index in [1.165, 1.54) is 0 Å². The molecule has 3 aromatic carbocycles. The summed E-state index contributed by atoms with van der Waals surface area (Å²) < 4.78 is 6.01. The minimum Gasteiger partial charge on any atom is -0.477 e. The zero-order valence-corrected chi connectivity index (χ0v) is 13.5. The lowest BCUT2D eigenvalue weighted by molar-refractivity contribution is -0.126. The van der Waals surface area contributed by atoms with Crippen LogP contribution in [0.3, 0.4) is 0 Å². The molecule has 0 fully saturated rings. The van der Waals surface area contributed by atoms with E-state index in [1.54, 1.807) is 18.2 Å². The van der Waals surface area contributed by atoms with Gasteiger partial charge in [0.25, 0.3) is 0 Å². The van der Waals surface area contributed by atoms with Crippen molar-refractivity contribution in [2.24, 2.45) is 0 Å². The van der Waals surface area contributed by atoms with Crippen LogP contribution in [-0.4, -0.2) is 11.6 Å². The molecule has 0 N–H and O–H groups in total. The largest absolute Gasteiger partial charge is 0.477 e. The van der Waals surface area contributed by atoms with E-state index in [-0.39, 0.29) is 11.6 Å². The quantitative estimate of drug-likeness (QED) is 0.657. The third kappa shape index (κ3) is 2.74. The number of carbonyl (C=O) groups excluding carboxylic acids is 2. The molecule has 2 unspecified atom stereocenters. The number of carbonyl (C=O) groups is 2. The minimum atomic E-state index is -0.866. The number of ether oxygens (including phenoxy) is 1. The Labute approximate surface area is 145 Å². The molecule has 3 aromatic rings. The molecule has 0 spiro atoms. The van der Waals surface area contributed by atoms with Gasteiger partial charge in [-0.3, -0.25) is 9.59 Å². The van der Waals surface area contributed by atoms with Crippen molar-refractivity contribution in [2.75, 3.05) is 0 Å². The summed E-state index contributed by atoms with van der Waals surface area (Å²) in [7, 11) is 0. The Morgan fingerprint density at radius 3 is 1.88 bits per heavy atom. The highest BCUT2D eigenvalue weighted by Gasteiger charge is 2.40. The molecule has 1 aliphatic heterocycles. The number of benzene rings is 3. The van der Waals surface area contributed by atoms with Gasteiger partial charge in [-0.2, -0.15) is 0 Å². The monoisotopic (exact) mass is 328 g/mol. The zero-order valence-electron chi connectivity index (χ0n) is 13.5. The van der Waals surface area contributed by atoms with Crippen LogP contribution in [0.1, 0.15) is 33.5 Å². The summed E-state index contributed by atoms with van der Waals surface area (Å²) in [6.07, 6.45) is -0.806. The first kappa shape index (κ1) is 15.3. The molecule has 0 saturated carbocycles. The minimum absolute atomic E-state index is 0.217. The van der Waals surface area contributed by atoms with Crippen LogP contribution in [0.5, 0.6) is 5.75 Å². The van der Waals surface area contributed by atoms with E-state index >= 15 is 0 Å². The van der Waals surface area contributed by atoms with Crippen molar-refractivity contribution in [3.05, 3.63) is 102 Å². The third-order valence-electron chi connectivity index (χ3n) is 4.44. The van der Waals surface area contributed by atoms with Crippen molar-refractivity contribution in [1.29, 1.82) is 0 Å². The fourth-order valence-corrected chi connectivity index (χ4v) is 3.22. The highest BCUT2D eigenvalue weighted by atomic mass is 16.5. The fraction of sp³-hybridized carbons (Fsp3) is 0.0909. The van der Waals surface area contributed by atoms with Gasteiger partial charge in [-0.25, -0.2) is 0 Å². The average molecular weight is 328 g/mol. The maximum absolute atomic E-state index is 13.3. The fourth-order valence-electron chi connectivity index (χ4n) is 3.22. The molecule has 0 amide bonds. The summed E-state index contributed by atoms with van der Waals surface area (Å²) in [6, 6.07) is 25.5. The van der Waals surface area contributed by atoms with Crippen LogP contribution in [0.15, 0.2) is 84.9 Å². The molecule has 1 aliphatic rings. The molecule has 3 nitrogen and oxygen atoms in total. The molecule has 0 bridgehead atoms. The van der Waals surface area contributed by atoms with Crippen molar-refractivity contribution in [2.45, 2.75) is 12.0 Å². The van der Waals surface area contributed by atoms with Crippen LogP contribution < -0.4 is 4.74 Å². The summed E-state index contributed by atoms with van der Waals surface area (Å²) in [4.78, 5) is 26.4. The van der Waals surface area contributed by atoms with Crippen molar-refractivity contribution in [3.63, 3.8) is 0 Å². The maximum Gasteiger partial charge on any atom is 0.193 e. The summed E-state index contributed by atoms with van der Waals surface area (Å²) in [5, 5.41) is 0. The van der Waals surface area contributed by atoms with Gasteiger partial charge in [0.1, 0.15) is 11.7 Å². The van der Waals surface area contributed by atoms with E-state index in [9.17, 15) is 9.59 Å². The van der Waals surface area contributed by atoms with E-state index in [2.05, 4.69) is 0 Å². The second kappa shape index (κ2) is 6.36. The molecular formula is C22H16O3. The van der Waals surface area contributed by atoms with Gasteiger partial charge in [0.2, 0.25) is 0 Å². The Balaban J connectivity index is 1.89. The normalized spacial score (nSPS) is 19.7. The lowest BCUT2D eigenvalue weighted by Crippen LogP contribution is -2.27. The highest BCUT2D eigenvalue weighted by molar-refractivity contribution is 6.18. The Morgan fingerprint density at radius 2 is 1.20 bits per heavy atom. The van der Waals surface area contributed by atoms with Crippen molar-refractivity contribution < 1.29 is 14.3 Å². The van der Waals surface area contributed by atoms with E-state index in [0.29, 0.717) is 16.9 Å². The first-order chi connectivity index (χ1) is 12.3. The van der Waals surface area contributed by atoms with Crippen LogP contribution in [0, 0.1) is 0 Å². The first-order valence-corrected chi connectivity index (χ1v) is 8.19. The number of rotatable bonds is 2. The molecule has 0 radical (unpaired) electrons. The molecule has 25 heavy (non-hydrogen) atoms. The predicted molar refractivity (Wildman–Crippen MR) is 94.8 cm³/mol. The Bertz CT molecular complexity index is 916. The number of hydrogen-bond donors (Lipinski definition) is 0. The van der Waals surface area contributed by atoms with Gasteiger partial charge in [-0.05, 0) is 23.3 Å². The molecule has 0 aromatic heterocycles. The van der Waals surface area contributed by atoms with Crippen LogP contribution in [-0.2, 0) is 4.79 Å². The van der Waals surface area contributed by atoms with Crippen LogP contribution in [0.2, 0.25) is 0 Å². The van der Waals surface area contributed by atoms with Gasteiger partial charge >= 0.3 is 0 Å². The molecular weight excluding hydrogens is 312 g/mol. The summed E-state index contributed by atoms with van der Waals surface area (Å²) in [6.45, 7) is 0. The lowest BCUT2D eigenvalue weighted by atomic mass is 9.84. The number of fused-ring (bicyclic) bond motifs is 1. The average Bonchev–Trinajstić information content (AvgIpc) is 2.78. The van der Waals surface area contributed by atoms with Gasteiger partial charge in [0.15, 0.2) is 17.7 Å². The van der Waals surface area contributed by atoms with Gasteiger partial charge in [0.05, 0.1) is 5.56 Å². The Kier molecular flexibility index (Phi) is 3.90. The van der Waals surface area contributed by atoms with Gasteiger partial charge in [-0.1, -0.05) is 72.8 Å². The topological polar surface area (TPSA) is 43.4 Å². The molecule has 4 rings (SSSR count). The number of hydrogen-bond acceptors (Lipinski definition) is 3. The SMILES string of the molecule is O=C1c2ccccc2OC(c2ccccc2)C(=O)C1c1ccccc1. The van der Waals surface area contributed by atoms with Crippen molar-refractivity contribution >= 4 is 11.6 Å². The molecule has 1 heterocycles. The summed E-state index contributed by atoms with van der Waals surface area (Å²) in [5.41, 5.74) is 1.89. The second-order valence-electron chi connectivity index (χ2n) is 6.02. The summed E-state index contributed by atoms with van der Waals surface area (Å²) >= 11 is 0. The van der Waals surface area contributed by atoms with E-state index < -0.39 is 12.0 Å². The lowest BCUT2D eigenvalue weighted by Gasteiger charge is -2.19. The Hall–Kier alpha value is -3.20. The zero-order chi connectivity index (χ0) is 17.2. The summed E-state index contributed by atoms with van der Waals surface area (Å²) in [5.74, 6) is -0.868. The second-order valence-corrected chi connectivity index (χ2v) is 6.02. The standard InChI is InChI=1S/C22H16O3/c23-20-17-13-7-8-14-18(17)25-22(16-11-5-2-6-12-16)21(24)19(20)15-9-3-1-4-10-15/h1-14,19,22H. The van der Waals surface area contributed by atoms with Crippen molar-refractivity contribution in [3.8, 4) is 5.75 Å². The third-order valence-corrected chi connectivity index (χ3v) is 4.44. The molecule has 122 valence electrons. The van der Waals surface area contributed by atoms with E-state index in [1.807, 2.05) is 66.7 Å².